The minimum absolute atomic E-state index is 0.364. The zero-order valence-electron chi connectivity index (χ0n) is 13.1. The average molecular weight is 289 g/mol. The molecule has 120 valence electrons. The fraction of sp³-hybridized carbons (Fsp3) is 1.00. The summed E-state index contributed by atoms with van der Waals surface area (Å²) >= 11 is 0. The average Bonchev–Trinajstić information content (AvgIpc) is 2.91. The predicted molar refractivity (Wildman–Crippen MR) is 79.2 cm³/mol. The third-order valence-electron chi connectivity index (χ3n) is 3.47. The van der Waals surface area contributed by atoms with E-state index >= 15 is 0 Å². The highest BCUT2D eigenvalue weighted by Crippen LogP contribution is 2.21. The third-order valence-corrected chi connectivity index (χ3v) is 3.47. The maximum Gasteiger partial charge on any atom is 0.0729 e. The zero-order valence-corrected chi connectivity index (χ0v) is 13.1. The molecule has 20 heavy (non-hydrogen) atoms. The Hall–Kier alpha value is -0.200. The van der Waals surface area contributed by atoms with Gasteiger partial charge in [0.15, 0.2) is 0 Å². The van der Waals surface area contributed by atoms with Gasteiger partial charge >= 0.3 is 0 Å². The quantitative estimate of drug-likeness (QED) is 0.522. The molecule has 1 rings (SSSR count). The molecule has 1 aliphatic carbocycles. The molecule has 0 heterocycles. The molecule has 0 saturated heterocycles. The lowest BCUT2D eigenvalue weighted by Gasteiger charge is -2.21. The Kier molecular flexibility index (Phi) is 11.2. The summed E-state index contributed by atoms with van der Waals surface area (Å²) in [5, 5.41) is 3.56. The molecule has 0 amide bonds. The third kappa shape index (κ3) is 8.17. The Morgan fingerprint density at radius 3 is 2.35 bits per heavy atom. The van der Waals surface area contributed by atoms with Gasteiger partial charge in [-0.1, -0.05) is 6.92 Å². The van der Waals surface area contributed by atoms with Crippen LogP contribution in [-0.4, -0.2) is 65.4 Å². The monoisotopic (exact) mass is 289 g/mol. The second-order valence-electron chi connectivity index (χ2n) is 5.12. The lowest BCUT2D eigenvalue weighted by atomic mass is 10.2. The summed E-state index contributed by atoms with van der Waals surface area (Å²) in [5.74, 6) is 0. The van der Waals surface area contributed by atoms with Gasteiger partial charge in [0.2, 0.25) is 0 Å². The molecule has 2 unspecified atom stereocenters. The van der Waals surface area contributed by atoms with Gasteiger partial charge in [0.1, 0.15) is 0 Å². The molecule has 5 nitrogen and oxygen atoms in total. The first kappa shape index (κ1) is 17.9. The molecule has 1 aliphatic rings. The van der Waals surface area contributed by atoms with Crippen molar-refractivity contribution in [3.8, 4) is 0 Å². The second kappa shape index (κ2) is 12.5. The van der Waals surface area contributed by atoms with E-state index in [0.717, 1.165) is 6.54 Å². The van der Waals surface area contributed by atoms with Crippen LogP contribution in [0.3, 0.4) is 0 Å². The molecule has 1 fully saturated rings. The van der Waals surface area contributed by atoms with Crippen molar-refractivity contribution in [1.29, 1.82) is 0 Å². The lowest BCUT2D eigenvalue weighted by molar-refractivity contribution is -0.0205. The Morgan fingerprint density at radius 2 is 1.65 bits per heavy atom. The first-order chi connectivity index (χ1) is 9.88. The molecular weight excluding hydrogens is 258 g/mol. The lowest BCUT2D eigenvalue weighted by Crippen LogP contribution is -2.38. The summed E-state index contributed by atoms with van der Waals surface area (Å²) in [6, 6.07) is 0.535. The van der Waals surface area contributed by atoms with Crippen molar-refractivity contribution in [3.05, 3.63) is 0 Å². The van der Waals surface area contributed by atoms with Crippen LogP contribution in [0.4, 0.5) is 0 Å². The first-order valence-electron chi connectivity index (χ1n) is 7.88. The topological polar surface area (TPSA) is 49.0 Å². The molecule has 2 atom stereocenters. The molecule has 1 N–H and O–H groups in total. The van der Waals surface area contributed by atoms with E-state index in [4.69, 9.17) is 18.9 Å². The molecular formula is C15H31NO4. The first-order valence-corrected chi connectivity index (χ1v) is 7.88. The van der Waals surface area contributed by atoms with Gasteiger partial charge in [0, 0.05) is 13.2 Å². The maximum absolute atomic E-state index is 5.91. The van der Waals surface area contributed by atoms with Gasteiger partial charge in [-0.3, -0.25) is 0 Å². The van der Waals surface area contributed by atoms with Crippen LogP contribution >= 0.6 is 0 Å². The van der Waals surface area contributed by atoms with Crippen LogP contribution in [0.5, 0.6) is 0 Å². The van der Waals surface area contributed by atoms with E-state index in [9.17, 15) is 0 Å². The van der Waals surface area contributed by atoms with E-state index < -0.39 is 0 Å². The van der Waals surface area contributed by atoms with E-state index in [1.165, 1.54) is 25.7 Å². The number of ether oxygens (including phenoxy) is 4. The summed E-state index contributed by atoms with van der Waals surface area (Å²) < 4.78 is 21.6. The highest BCUT2D eigenvalue weighted by molar-refractivity contribution is 4.83. The van der Waals surface area contributed by atoms with Crippen LogP contribution in [0, 0.1) is 0 Å². The maximum atomic E-state index is 5.91. The van der Waals surface area contributed by atoms with Gasteiger partial charge in [-0.15, -0.1) is 0 Å². The van der Waals surface area contributed by atoms with Crippen molar-refractivity contribution in [2.24, 2.45) is 0 Å². The van der Waals surface area contributed by atoms with Crippen LogP contribution in [-0.2, 0) is 18.9 Å². The number of methoxy groups -OCH3 is 1. The highest BCUT2D eigenvalue weighted by Gasteiger charge is 2.26. The molecule has 0 aromatic carbocycles. The fourth-order valence-corrected chi connectivity index (χ4v) is 2.41. The molecule has 0 aromatic rings. The van der Waals surface area contributed by atoms with Gasteiger partial charge < -0.3 is 24.3 Å². The summed E-state index contributed by atoms with van der Waals surface area (Å²) in [4.78, 5) is 0. The molecule has 5 heteroatoms. The van der Waals surface area contributed by atoms with E-state index in [0.29, 0.717) is 51.8 Å². The molecule has 0 spiro atoms. The summed E-state index contributed by atoms with van der Waals surface area (Å²) in [6.45, 7) is 7.10. The highest BCUT2D eigenvalue weighted by atomic mass is 16.6. The number of rotatable bonds is 13. The van der Waals surface area contributed by atoms with E-state index in [1.807, 2.05) is 0 Å². The second-order valence-corrected chi connectivity index (χ2v) is 5.12. The fourth-order valence-electron chi connectivity index (χ4n) is 2.41. The summed E-state index contributed by atoms with van der Waals surface area (Å²) in [5.41, 5.74) is 0. The van der Waals surface area contributed by atoms with E-state index in [2.05, 4.69) is 12.2 Å². The van der Waals surface area contributed by atoms with Crippen LogP contribution in [0.15, 0.2) is 0 Å². The Balaban J connectivity index is 1.90. The Morgan fingerprint density at radius 1 is 0.950 bits per heavy atom. The smallest absolute Gasteiger partial charge is 0.0729 e. The van der Waals surface area contributed by atoms with Gasteiger partial charge in [0.05, 0.1) is 45.7 Å². The normalized spacial score (nSPS) is 22.5. The van der Waals surface area contributed by atoms with Gasteiger partial charge in [0.25, 0.3) is 0 Å². The van der Waals surface area contributed by atoms with Crippen molar-refractivity contribution >= 4 is 0 Å². The molecule has 0 radical (unpaired) electrons. The largest absolute Gasteiger partial charge is 0.382 e. The van der Waals surface area contributed by atoms with Gasteiger partial charge in [-0.25, -0.2) is 0 Å². The van der Waals surface area contributed by atoms with Gasteiger partial charge in [-0.2, -0.15) is 0 Å². The van der Waals surface area contributed by atoms with Crippen molar-refractivity contribution < 1.29 is 18.9 Å². The summed E-state index contributed by atoms with van der Waals surface area (Å²) in [7, 11) is 1.67. The van der Waals surface area contributed by atoms with Crippen molar-refractivity contribution in [1.82, 2.24) is 5.32 Å². The van der Waals surface area contributed by atoms with Crippen molar-refractivity contribution in [3.63, 3.8) is 0 Å². The molecule has 0 bridgehead atoms. The molecule has 1 saturated carbocycles. The molecule has 0 aromatic heterocycles. The zero-order chi connectivity index (χ0) is 14.5. The predicted octanol–water partition coefficient (Wildman–Crippen LogP) is 1.60. The van der Waals surface area contributed by atoms with Gasteiger partial charge in [-0.05, 0) is 32.2 Å². The number of hydrogen-bond donors (Lipinski definition) is 1. The van der Waals surface area contributed by atoms with Crippen molar-refractivity contribution in [2.45, 2.75) is 44.8 Å². The SMILES string of the molecule is CCCNC1CCCC1OCCOCCOCCOC. The van der Waals surface area contributed by atoms with Crippen LogP contribution in [0.25, 0.3) is 0 Å². The number of hydrogen-bond acceptors (Lipinski definition) is 5. The van der Waals surface area contributed by atoms with Crippen LogP contribution in [0.1, 0.15) is 32.6 Å². The standard InChI is InChI=1S/C15H31NO4/c1-3-7-16-14-5-4-6-15(14)20-13-12-19-11-10-18-9-8-17-2/h14-16H,3-13H2,1-2H3. The van der Waals surface area contributed by atoms with E-state index in [-0.39, 0.29) is 0 Å². The minimum Gasteiger partial charge on any atom is -0.382 e. The van der Waals surface area contributed by atoms with Crippen LogP contribution < -0.4 is 5.32 Å². The number of nitrogens with one attached hydrogen (secondary N) is 1. The Labute approximate surface area is 123 Å². The van der Waals surface area contributed by atoms with E-state index in [1.54, 1.807) is 7.11 Å². The minimum atomic E-state index is 0.364. The van der Waals surface area contributed by atoms with Crippen LogP contribution in [0.2, 0.25) is 0 Å². The Bertz CT molecular complexity index is 216. The summed E-state index contributed by atoms with van der Waals surface area (Å²) in [6.07, 6.45) is 5.21. The molecule has 0 aliphatic heterocycles. The van der Waals surface area contributed by atoms with Crippen molar-refractivity contribution in [2.75, 3.05) is 53.3 Å².